The van der Waals surface area contributed by atoms with E-state index in [1.807, 2.05) is 0 Å². The van der Waals surface area contributed by atoms with E-state index in [1.54, 1.807) is 0 Å². The number of aromatic carboxylic acids is 1. The standard InChI is InChI=1S/C10H14N2O3/c1-2-3-4-7-15-10-11-6-5-8(12-10)9(13)14/h5-6H,2-4,7H2,1H3,(H,13,14). The SMILES string of the molecule is CCCCCOc1nccc(C(=O)O)n1. The van der Waals surface area contributed by atoms with Crippen LogP contribution in [0.25, 0.3) is 0 Å². The van der Waals surface area contributed by atoms with E-state index in [0.29, 0.717) is 6.61 Å². The van der Waals surface area contributed by atoms with Gasteiger partial charge in [0.05, 0.1) is 6.61 Å². The van der Waals surface area contributed by atoms with Gasteiger partial charge < -0.3 is 9.84 Å². The van der Waals surface area contributed by atoms with Gasteiger partial charge in [-0.2, -0.15) is 4.98 Å². The molecule has 1 aromatic rings. The highest BCUT2D eigenvalue weighted by molar-refractivity contribution is 5.85. The topological polar surface area (TPSA) is 72.3 Å². The zero-order valence-corrected chi connectivity index (χ0v) is 8.64. The summed E-state index contributed by atoms with van der Waals surface area (Å²) in [5.41, 5.74) is -0.0458. The smallest absolute Gasteiger partial charge is 0.354 e. The van der Waals surface area contributed by atoms with Gasteiger partial charge in [-0.3, -0.25) is 0 Å². The Morgan fingerprint density at radius 3 is 3.00 bits per heavy atom. The van der Waals surface area contributed by atoms with Crippen LogP contribution in [0.2, 0.25) is 0 Å². The molecule has 0 aliphatic rings. The van der Waals surface area contributed by atoms with Gasteiger partial charge in [-0.05, 0) is 12.5 Å². The van der Waals surface area contributed by atoms with Crippen LogP contribution in [-0.4, -0.2) is 27.7 Å². The molecule has 0 atom stereocenters. The fraction of sp³-hybridized carbons (Fsp3) is 0.500. The van der Waals surface area contributed by atoms with Crippen LogP contribution >= 0.6 is 0 Å². The van der Waals surface area contributed by atoms with Crippen LogP contribution in [0.15, 0.2) is 12.3 Å². The lowest BCUT2D eigenvalue weighted by molar-refractivity contribution is 0.0688. The Balaban J connectivity index is 2.47. The Bertz CT molecular complexity index is 328. The zero-order chi connectivity index (χ0) is 11.1. The molecule has 82 valence electrons. The molecule has 0 saturated heterocycles. The lowest BCUT2D eigenvalue weighted by Crippen LogP contribution is -2.05. The Kier molecular flexibility index (Phi) is 4.53. The Hall–Kier alpha value is -1.65. The summed E-state index contributed by atoms with van der Waals surface area (Å²) in [7, 11) is 0. The number of carboxylic acid groups (broad SMARTS) is 1. The van der Waals surface area contributed by atoms with Crippen molar-refractivity contribution < 1.29 is 14.6 Å². The normalized spacial score (nSPS) is 9.93. The Morgan fingerprint density at radius 2 is 2.33 bits per heavy atom. The minimum Gasteiger partial charge on any atom is -0.477 e. The van der Waals surface area contributed by atoms with E-state index >= 15 is 0 Å². The average Bonchev–Trinajstić information content (AvgIpc) is 2.25. The Morgan fingerprint density at radius 1 is 1.53 bits per heavy atom. The second kappa shape index (κ2) is 5.95. The van der Waals surface area contributed by atoms with Crippen LogP contribution in [0.1, 0.15) is 36.7 Å². The van der Waals surface area contributed by atoms with E-state index in [9.17, 15) is 4.79 Å². The van der Waals surface area contributed by atoms with Crippen molar-refractivity contribution in [2.45, 2.75) is 26.2 Å². The largest absolute Gasteiger partial charge is 0.477 e. The molecule has 0 aliphatic heterocycles. The number of hydrogen-bond acceptors (Lipinski definition) is 4. The minimum absolute atomic E-state index is 0.0458. The molecular weight excluding hydrogens is 196 g/mol. The quantitative estimate of drug-likeness (QED) is 0.724. The number of ether oxygens (including phenoxy) is 1. The van der Waals surface area contributed by atoms with E-state index in [4.69, 9.17) is 9.84 Å². The second-order valence-electron chi connectivity index (χ2n) is 3.09. The first kappa shape index (κ1) is 11.4. The Labute approximate surface area is 88.1 Å². The summed E-state index contributed by atoms with van der Waals surface area (Å²) >= 11 is 0. The molecule has 1 N–H and O–H groups in total. The van der Waals surface area contributed by atoms with Gasteiger partial charge in [-0.1, -0.05) is 19.8 Å². The molecule has 1 rings (SSSR count). The van der Waals surface area contributed by atoms with E-state index in [-0.39, 0.29) is 11.7 Å². The van der Waals surface area contributed by atoms with E-state index < -0.39 is 5.97 Å². The van der Waals surface area contributed by atoms with Crippen molar-refractivity contribution >= 4 is 5.97 Å². The molecule has 0 spiro atoms. The van der Waals surface area contributed by atoms with E-state index in [2.05, 4.69) is 16.9 Å². The van der Waals surface area contributed by atoms with Crippen molar-refractivity contribution in [3.8, 4) is 6.01 Å². The zero-order valence-electron chi connectivity index (χ0n) is 8.64. The molecule has 0 fully saturated rings. The van der Waals surface area contributed by atoms with Crippen molar-refractivity contribution in [3.05, 3.63) is 18.0 Å². The molecule has 0 aliphatic carbocycles. The van der Waals surface area contributed by atoms with Gasteiger partial charge in [-0.15, -0.1) is 0 Å². The first-order valence-corrected chi connectivity index (χ1v) is 4.93. The van der Waals surface area contributed by atoms with Gasteiger partial charge in [0, 0.05) is 6.20 Å². The molecule has 0 radical (unpaired) electrons. The molecule has 0 bridgehead atoms. The molecule has 1 aromatic heterocycles. The van der Waals surface area contributed by atoms with Crippen molar-refractivity contribution in [2.75, 3.05) is 6.61 Å². The number of rotatable bonds is 6. The molecule has 0 unspecified atom stereocenters. The van der Waals surface area contributed by atoms with Crippen LogP contribution in [0.5, 0.6) is 6.01 Å². The third kappa shape index (κ3) is 3.93. The predicted octanol–water partition coefficient (Wildman–Crippen LogP) is 1.74. The summed E-state index contributed by atoms with van der Waals surface area (Å²) < 4.78 is 5.21. The van der Waals surface area contributed by atoms with Crippen LogP contribution in [0, 0.1) is 0 Å². The lowest BCUT2D eigenvalue weighted by Gasteiger charge is -2.03. The third-order valence-corrected chi connectivity index (χ3v) is 1.83. The second-order valence-corrected chi connectivity index (χ2v) is 3.09. The number of unbranched alkanes of at least 4 members (excludes halogenated alkanes) is 2. The van der Waals surface area contributed by atoms with Gasteiger partial charge in [0.25, 0.3) is 0 Å². The fourth-order valence-corrected chi connectivity index (χ4v) is 1.04. The first-order chi connectivity index (χ1) is 7.24. The van der Waals surface area contributed by atoms with Gasteiger partial charge in [0.1, 0.15) is 0 Å². The molecule has 15 heavy (non-hydrogen) atoms. The lowest BCUT2D eigenvalue weighted by atomic mass is 10.3. The average molecular weight is 210 g/mol. The summed E-state index contributed by atoms with van der Waals surface area (Å²) in [5.74, 6) is -1.07. The highest BCUT2D eigenvalue weighted by Gasteiger charge is 2.06. The van der Waals surface area contributed by atoms with Crippen molar-refractivity contribution in [2.24, 2.45) is 0 Å². The van der Waals surface area contributed by atoms with E-state index in [1.165, 1.54) is 12.3 Å². The van der Waals surface area contributed by atoms with E-state index in [0.717, 1.165) is 19.3 Å². The summed E-state index contributed by atoms with van der Waals surface area (Å²) in [4.78, 5) is 18.1. The summed E-state index contributed by atoms with van der Waals surface area (Å²) in [6, 6.07) is 1.47. The predicted molar refractivity (Wildman–Crippen MR) is 54.0 cm³/mol. The van der Waals surface area contributed by atoms with Crippen LogP contribution < -0.4 is 4.74 Å². The maximum atomic E-state index is 10.6. The van der Waals surface area contributed by atoms with Crippen molar-refractivity contribution in [1.82, 2.24) is 9.97 Å². The van der Waals surface area contributed by atoms with Crippen LogP contribution in [0.3, 0.4) is 0 Å². The van der Waals surface area contributed by atoms with Gasteiger partial charge in [0.15, 0.2) is 5.69 Å². The highest BCUT2D eigenvalue weighted by Crippen LogP contribution is 2.04. The molecule has 5 nitrogen and oxygen atoms in total. The number of carbonyl (C=O) groups is 1. The molecular formula is C10H14N2O3. The first-order valence-electron chi connectivity index (χ1n) is 4.93. The fourth-order valence-electron chi connectivity index (χ4n) is 1.04. The van der Waals surface area contributed by atoms with Gasteiger partial charge in [0.2, 0.25) is 0 Å². The highest BCUT2D eigenvalue weighted by atomic mass is 16.5. The van der Waals surface area contributed by atoms with Gasteiger partial charge in [-0.25, -0.2) is 9.78 Å². The maximum absolute atomic E-state index is 10.6. The molecule has 5 heteroatoms. The molecule has 1 heterocycles. The number of aromatic nitrogens is 2. The minimum atomic E-state index is -1.07. The third-order valence-electron chi connectivity index (χ3n) is 1.83. The van der Waals surface area contributed by atoms with Crippen LogP contribution in [-0.2, 0) is 0 Å². The summed E-state index contributed by atoms with van der Waals surface area (Å²) in [5, 5.41) is 8.67. The molecule has 0 aromatic carbocycles. The summed E-state index contributed by atoms with van der Waals surface area (Å²) in [6.07, 6.45) is 4.50. The number of carboxylic acids is 1. The molecule has 0 amide bonds. The van der Waals surface area contributed by atoms with Crippen molar-refractivity contribution in [1.29, 1.82) is 0 Å². The van der Waals surface area contributed by atoms with Gasteiger partial charge >= 0.3 is 12.0 Å². The maximum Gasteiger partial charge on any atom is 0.354 e. The van der Waals surface area contributed by atoms with Crippen LogP contribution in [0.4, 0.5) is 0 Å². The number of hydrogen-bond donors (Lipinski definition) is 1. The summed E-state index contributed by atoms with van der Waals surface area (Å²) in [6.45, 7) is 2.62. The number of nitrogens with zero attached hydrogens (tertiary/aromatic N) is 2. The molecule has 0 saturated carbocycles. The monoisotopic (exact) mass is 210 g/mol. The van der Waals surface area contributed by atoms with Crippen molar-refractivity contribution in [3.63, 3.8) is 0 Å².